The van der Waals surface area contributed by atoms with Crippen LogP contribution in [0, 0.1) is 17.6 Å². The average molecular weight is 366 g/mol. The van der Waals surface area contributed by atoms with Gasteiger partial charge in [0.05, 0.1) is 11.6 Å². The molecule has 6 nitrogen and oxygen atoms in total. The van der Waals surface area contributed by atoms with E-state index in [2.05, 4.69) is 15.5 Å². The number of aromatic amines is 1. The third-order valence-electron chi connectivity index (χ3n) is 4.46. The van der Waals surface area contributed by atoms with E-state index >= 15 is 0 Å². The lowest BCUT2D eigenvalue weighted by Gasteiger charge is -2.24. The second-order valence-electron chi connectivity index (χ2n) is 6.27. The first-order valence-electron chi connectivity index (χ1n) is 8.38. The number of rotatable bonds is 3. The summed E-state index contributed by atoms with van der Waals surface area (Å²) in [7, 11) is 0. The Hall–Kier alpha value is -2.93. The molecule has 4 rings (SSSR count). The fourth-order valence-corrected chi connectivity index (χ4v) is 3.43. The molecule has 0 saturated carbocycles. The van der Waals surface area contributed by atoms with E-state index in [0.717, 1.165) is 22.8 Å². The van der Waals surface area contributed by atoms with Gasteiger partial charge in [0.25, 0.3) is 0 Å². The lowest BCUT2D eigenvalue weighted by atomic mass is 9.96. The number of amides is 1. The number of ether oxygens (including phenoxy) is 1. The second kappa shape index (κ2) is 6.76. The predicted octanol–water partition coefficient (Wildman–Crippen LogP) is 3.43. The monoisotopic (exact) mass is 366 g/mol. The molecule has 0 radical (unpaired) electrons. The van der Waals surface area contributed by atoms with Gasteiger partial charge in [-0.2, -0.15) is 5.10 Å². The zero-order chi connectivity index (χ0) is 18.1. The van der Waals surface area contributed by atoms with Gasteiger partial charge in [-0.1, -0.05) is 24.3 Å². The number of carbonyl (C=O) groups is 1. The summed E-state index contributed by atoms with van der Waals surface area (Å²) in [6.07, 6.45) is 0.674. The number of carbonyl (C=O) groups excluding carboxylic acids is 1. The van der Waals surface area contributed by atoms with Gasteiger partial charge < -0.3 is 10.1 Å². The molecular formula is C19H18N4O2S. The van der Waals surface area contributed by atoms with Gasteiger partial charge in [-0.15, -0.1) is 0 Å². The highest BCUT2D eigenvalue weighted by molar-refractivity contribution is 7.71. The van der Waals surface area contributed by atoms with Crippen molar-refractivity contribution in [2.45, 2.75) is 13.3 Å². The molecule has 0 unspecified atom stereocenters. The first-order chi connectivity index (χ1) is 12.6. The molecule has 1 aliphatic heterocycles. The highest BCUT2D eigenvalue weighted by Gasteiger charge is 2.25. The minimum atomic E-state index is -0.216. The van der Waals surface area contributed by atoms with Crippen LogP contribution in [0.3, 0.4) is 0 Å². The van der Waals surface area contributed by atoms with Crippen LogP contribution in [0.5, 0.6) is 5.75 Å². The maximum Gasteiger partial charge on any atom is 0.231 e. The Morgan fingerprint density at radius 3 is 2.96 bits per heavy atom. The van der Waals surface area contributed by atoms with Gasteiger partial charge in [-0.25, -0.2) is 0 Å². The highest BCUT2D eigenvalue weighted by Crippen LogP contribution is 2.27. The molecule has 3 aromatic rings. The van der Waals surface area contributed by atoms with Gasteiger partial charge in [0, 0.05) is 5.69 Å². The van der Waals surface area contributed by atoms with E-state index in [1.807, 2.05) is 60.0 Å². The molecule has 2 heterocycles. The molecule has 7 heteroatoms. The molecular weight excluding hydrogens is 348 g/mol. The fraction of sp³-hybridized carbons (Fsp3) is 0.211. The first kappa shape index (κ1) is 16.5. The number of para-hydroxylation sites is 1. The van der Waals surface area contributed by atoms with Crippen molar-refractivity contribution in [3.05, 3.63) is 64.7 Å². The Kier molecular flexibility index (Phi) is 4.30. The van der Waals surface area contributed by atoms with Crippen molar-refractivity contribution in [2.75, 3.05) is 11.9 Å². The summed E-state index contributed by atoms with van der Waals surface area (Å²) in [5.74, 6) is 1.36. The number of fused-ring (bicyclic) bond motifs is 1. The summed E-state index contributed by atoms with van der Waals surface area (Å²) in [6.45, 7) is 2.25. The third-order valence-corrected chi connectivity index (χ3v) is 4.74. The van der Waals surface area contributed by atoms with E-state index in [9.17, 15) is 4.79 Å². The standard InChI is InChI=1S/C19H18N4O2S/c1-12-21-22-19(26)23(12)16-7-4-6-15(10-16)20-18(24)14-9-13-5-2-3-8-17(13)25-11-14/h2-8,10,14H,9,11H2,1H3,(H,20,24)(H,22,26)/t14-/m0/s1. The van der Waals surface area contributed by atoms with Crippen molar-refractivity contribution in [2.24, 2.45) is 5.92 Å². The molecule has 0 fully saturated rings. The summed E-state index contributed by atoms with van der Waals surface area (Å²) < 4.78 is 8.06. The normalized spacial score (nSPS) is 15.8. The molecule has 0 aliphatic carbocycles. The molecule has 1 amide bonds. The smallest absolute Gasteiger partial charge is 0.231 e. The minimum Gasteiger partial charge on any atom is -0.492 e. The van der Waals surface area contributed by atoms with E-state index in [4.69, 9.17) is 17.0 Å². The van der Waals surface area contributed by atoms with Crippen LogP contribution in [0.1, 0.15) is 11.4 Å². The molecule has 26 heavy (non-hydrogen) atoms. The number of benzene rings is 2. The Morgan fingerprint density at radius 1 is 1.31 bits per heavy atom. The second-order valence-corrected chi connectivity index (χ2v) is 6.66. The molecule has 0 saturated heterocycles. The van der Waals surface area contributed by atoms with Gasteiger partial charge in [0.2, 0.25) is 5.91 Å². The van der Waals surface area contributed by atoms with Crippen molar-refractivity contribution in [3.63, 3.8) is 0 Å². The molecule has 1 aliphatic rings. The number of aryl methyl sites for hydroxylation is 1. The van der Waals surface area contributed by atoms with Gasteiger partial charge in [-0.05, 0) is 55.4 Å². The van der Waals surface area contributed by atoms with Crippen LogP contribution in [0.2, 0.25) is 0 Å². The topological polar surface area (TPSA) is 71.9 Å². The Labute approximate surface area is 155 Å². The van der Waals surface area contributed by atoms with Crippen LogP contribution >= 0.6 is 12.2 Å². The Balaban J connectivity index is 1.52. The van der Waals surface area contributed by atoms with Gasteiger partial charge in [0.1, 0.15) is 18.2 Å². The summed E-state index contributed by atoms with van der Waals surface area (Å²) in [4.78, 5) is 12.7. The van der Waals surface area contributed by atoms with Crippen molar-refractivity contribution in [3.8, 4) is 11.4 Å². The summed E-state index contributed by atoms with van der Waals surface area (Å²) in [6, 6.07) is 15.4. The van der Waals surface area contributed by atoms with Crippen LogP contribution in [0.25, 0.3) is 5.69 Å². The highest BCUT2D eigenvalue weighted by atomic mass is 32.1. The maximum absolute atomic E-state index is 12.7. The van der Waals surface area contributed by atoms with E-state index in [0.29, 0.717) is 23.5 Å². The largest absolute Gasteiger partial charge is 0.492 e. The van der Waals surface area contributed by atoms with E-state index in [1.165, 1.54) is 0 Å². The van der Waals surface area contributed by atoms with Crippen molar-refractivity contribution >= 4 is 23.8 Å². The minimum absolute atomic E-state index is 0.0517. The van der Waals surface area contributed by atoms with Crippen LogP contribution in [-0.4, -0.2) is 27.3 Å². The molecule has 0 spiro atoms. The maximum atomic E-state index is 12.7. The molecule has 132 valence electrons. The predicted molar refractivity (Wildman–Crippen MR) is 101 cm³/mol. The molecule has 2 N–H and O–H groups in total. The number of nitrogens with zero attached hydrogens (tertiary/aromatic N) is 2. The van der Waals surface area contributed by atoms with E-state index in [1.54, 1.807) is 0 Å². The molecule has 1 atom stereocenters. The molecule has 0 bridgehead atoms. The third kappa shape index (κ3) is 3.13. The van der Waals surface area contributed by atoms with Gasteiger partial charge in [-0.3, -0.25) is 14.5 Å². The zero-order valence-electron chi connectivity index (χ0n) is 14.2. The lowest BCUT2D eigenvalue weighted by Crippen LogP contribution is -2.32. The summed E-state index contributed by atoms with van der Waals surface area (Å²) in [5, 5.41) is 9.88. The molecule has 1 aromatic heterocycles. The molecule has 2 aromatic carbocycles. The average Bonchev–Trinajstić information content (AvgIpc) is 3.00. The summed E-state index contributed by atoms with van der Waals surface area (Å²) >= 11 is 5.27. The Morgan fingerprint density at radius 2 is 2.15 bits per heavy atom. The summed E-state index contributed by atoms with van der Waals surface area (Å²) in [5.41, 5.74) is 2.63. The Bertz CT molecular complexity index is 1020. The lowest BCUT2D eigenvalue weighted by molar-refractivity contribution is -0.121. The number of aromatic nitrogens is 3. The SMILES string of the molecule is Cc1n[nH]c(=S)n1-c1cccc(NC(=O)[C@@H]2COc3ccccc3C2)c1. The van der Waals surface area contributed by atoms with Crippen molar-refractivity contribution in [1.82, 2.24) is 14.8 Å². The van der Waals surface area contributed by atoms with Crippen molar-refractivity contribution in [1.29, 1.82) is 0 Å². The number of nitrogens with one attached hydrogen (secondary N) is 2. The van der Waals surface area contributed by atoms with Crippen LogP contribution < -0.4 is 10.1 Å². The number of hydrogen-bond donors (Lipinski definition) is 2. The first-order valence-corrected chi connectivity index (χ1v) is 8.78. The van der Waals surface area contributed by atoms with Gasteiger partial charge >= 0.3 is 0 Å². The number of H-pyrrole nitrogens is 1. The fourth-order valence-electron chi connectivity index (χ4n) is 3.14. The number of hydrogen-bond acceptors (Lipinski definition) is 4. The zero-order valence-corrected chi connectivity index (χ0v) is 15.0. The van der Waals surface area contributed by atoms with Crippen LogP contribution in [0.15, 0.2) is 48.5 Å². The quantitative estimate of drug-likeness (QED) is 0.697. The number of anilines is 1. The van der Waals surface area contributed by atoms with E-state index in [-0.39, 0.29) is 11.8 Å². The van der Waals surface area contributed by atoms with Crippen LogP contribution in [-0.2, 0) is 11.2 Å². The van der Waals surface area contributed by atoms with Crippen molar-refractivity contribution < 1.29 is 9.53 Å². The van der Waals surface area contributed by atoms with E-state index < -0.39 is 0 Å². The van der Waals surface area contributed by atoms with Crippen LogP contribution in [0.4, 0.5) is 5.69 Å². The van der Waals surface area contributed by atoms with Gasteiger partial charge in [0.15, 0.2) is 4.77 Å².